The van der Waals surface area contributed by atoms with Crippen molar-refractivity contribution in [3.8, 4) is 0 Å². The summed E-state index contributed by atoms with van der Waals surface area (Å²) in [7, 11) is 0. The first-order valence-electron chi connectivity index (χ1n) is 5.99. The number of carboxylic acids is 1. The largest absolute Gasteiger partial charge is 0.480 e. The Bertz CT molecular complexity index is 521. The van der Waals surface area contributed by atoms with Crippen LogP contribution in [-0.4, -0.2) is 34.5 Å². The summed E-state index contributed by atoms with van der Waals surface area (Å²) in [6.07, 6.45) is 2.05. The average molecular weight is 330 g/mol. The zero-order chi connectivity index (χ0) is 14.0. The summed E-state index contributed by atoms with van der Waals surface area (Å²) in [5, 5.41) is 9.14. The molecule has 1 aromatic rings. The molecule has 2 rings (SSSR count). The van der Waals surface area contributed by atoms with Crippen molar-refractivity contribution in [2.24, 2.45) is 0 Å². The van der Waals surface area contributed by atoms with Gasteiger partial charge in [-0.2, -0.15) is 0 Å². The molecule has 102 valence electrons. The van der Waals surface area contributed by atoms with E-state index in [-0.39, 0.29) is 10.4 Å². The number of carbonyl (C=O) groups excluding carboxylic acids is 1. The number of carboxylic acid groups (broad SMARTS) is 1. The molecule has 1 aliphatic rings. The monoisotopic (exact) mass is 329 g/mol. The molecule has 1 amide bonds. The third-order valence-corrected chi connectivity index (χ3v) is 3.82. The van der Waals surface area contributed by atoms with Crippen LogP contribution in [0.25, 0.3) is 0 Å². The Labute approximate surface area is 118 Å². The van der Waals surface area contributed by atoms with E-state index in [2.05, 4.69) is 15.9 Å². The number of amides is 1. The van der Waals surface area contributed by atoms with E-state index in [4.69, 9.17) is 5.11 Å². The molecule has 0 aromatic heterocycles. The molecule has 0 bridgehead atoms. The highest BCUT2D eigenvalue weighted by Gasteiger charge is 2.32. The van der Waals surface area contributed by atoms with Crippen LogP contribution >= 0.6 is 15.9 Å². The standard InChI is InChI=1S/C13H13BrFNO3/c14-9-7-8(4-5-10(9)15)12(17)16-6-2-1-3-11(16)13(18)19/h4-5,7,11H,1-3,6H2,(H,18,19)/t11-/m1/s1. The van der Waals surface area contributed by atoms with Gasteiger partial charge in [-0.1, -0.05) is 0 Å². The fourth-order valence-corrected chi connectivity index (χ4v) is 2.61. The Morgan fingerprint density at radius 1 is 1.37 bits per heavy atom. The Kier molecular flexibility index (Phi) is 4.19. The van der Waals surface area contributed by atoms with Crippen LogP contribution in [0.2, 0.25) is 0 Å². The number of aliphatic carboxylic acids is 1. The highest BCUT2D eigenvalue weighted by atomic mass is 79.9. The molecule has 19 heavy (non-hydrogen) atoms. The maximum Gasteiger partial charge on any atom is 0.326 e. The molecule has 1 N–H and O–H groups in total. The van der Waals surface area contributed by atoms with E-state index >= 15 is 0 Å². The maximum absolute atomic E-state index is 13.1. The Morgan fingerprint density at radius 3 is 2.74 bits per heavy atom. The summed E-state index contributed by atoms with van der Waals surface area (Å²) in [6, 6.07) is 3.16. The van der Waals surface area contributed by atoms with E-state index in [0.29, 0.717) is 18.5 Å². The predicted molar refractivity (Wildman–Crippen MR) is 70.4 cm³/mol. The van der Waals surface area contributed by atoms with Gasteiger partial charge in [0.1, 0.15) is 11.9 Å². The Morgan fingerprint density at radius 2 is 2.11 bits per heavy atom. The maximum atomic E-state index is 13.1. The van der Waals surface area contributed by atoms with Gasteiger partial charge in [-0.15, -0.1) is 0 Å². The van der Waals surface area contributed by atoms with Crippen molar-refractivity contribution in [3.63, 3.8) is 0 Å². The van der Waals surface area contributed by atoms with E-state index < -0.39 is 17.8 Å². The highest BCUT2D eigenvalue weighted by molar-refractivity contribution is 9.10. The van der Waals surface area contributed by atoms with Crippen molar-refractivity contribution in [3.05, 3.63) is 34.1 Å². The second-order valence-corrected chi connectivity index (χ2v) is 5.33. The van der Waals surface area contributed by atoms with Gasteiger partial charge < -0.3 is 10.0 Å². The van der Waals surface area contributed by atoms with Crippen LogP contribution in [0.5, 0.6) is 0 Å². The number of piperidine rings is 1. The quantitative estimate of drug-likeness (QED) is 0.907. The van der Waals surface area contributed by atoms with Crippen LogP contribution < -0.4 is 0 Å². The summed E-state index contributed by atoms with van der Waals surface area (Å²) in [5.41, 5.74) is 0.293. The van der Waals surface area contributed by atoms with E-state index in [1.54, 1.807) is 0 Å². The second-order valence-electron chi connectivity index (χ2n) is 4.48. The van der Waals surface area contributed by atoms with Gasteiger partial charge >= 0.3 is 5.97 Å². The van der Waals surface area contributed by atoms with E-state index in [1.807, 2.05) is 0 Å². The van der Waals surface area contributed by atoms with Crippen molar-refractivity contribution in [2.75, 3.05) is 6.54 Å². The molecule has 1 aromatic carbocycles. The first-order chi connectivity index (χ1) is 9.00. The summed E-state index contributed by atoms with van der Waals surface area (Å²) < 4.78 is 13.3. The first-order valence-corrected chi connectivity index (χ1v) is 6.79. The van der Waals surface area contributed by atoms with Crippen LogP contribution in [0.1, 0.15) is 29.6 Å². The van der Waals surface area contributed by atoms with Gasteiger partial charge in [0.05, 0.1) is 4.47 Å². The van der Waals surface area contributed by atoms with E-state index in [1.165, 1.54) is 23.1 Å². The lowest BCUT2D eigenvalue weighted by Crippen LogP contribution is -2.48. The molecule has 0 aliphatic carbocycles. The molecule has 1 atom stereocenters. The van der Waals surface area contributed by atoms with Crippen molar-refractivity contribution in [1.29, 1.82) is 0 Å². The molecule has 1 saturated heterocycles. The van der Waals surface area contributed by atoms with Crippen LogP contribution in [0.3, 0.4) is 0 Å². The van der Waals surface area contributed by atoms with Gasteiger partial charge in [-0.3, -0.25) is 4.79 Å². The smallest absolute Gasteiger partial charge is 0.326 e. The van der Waals surface area contributed by atoms with Gasteiger partial charge in [0.25, 0.3) is 5.91 Å². The minimum atomic E-state index is -0.991. The molecular formula is C13H13BrFNO3. The zero-order valence-corrected chi connectivity index (χ0v) is 11.7. The Hall–Kier alpha value is -1.43. The minimum Gasteiger partial charge on any atom is -0.480 e. The van der Waals surface area contributed by atoms with Crippen molar-refractivity contribution in [2.45, 2.75) is 25.3 Å². The molecule has 4 nitrogen and oxygen atoms in total. The summed E-state index contributed by atoms with van der Waals surface area (Å²) in [4.78, 5) is 24.8. The number of halogens is 2. The van der Waals surface area contributed by atoms with Crippen molar-refractivity contribution < 1.29 is 19.1 Å². The summed E-state index contributed by atoms with van der Waals surface area (Å²) in [6.45, 7) is 0.421. The lowest BCUT2D eigenvalue weighted by Gasteiger charge is -2.33. The molecule has 0 unspecified atom stereocenters. The number of hydrogen-bond acceptors (Lipinski definition) is 2. The molecule has 0 radical (unpaired) electrons. The number of likely N-dealkylation sites (tertiary alicyclic amines) is 1. The number of carbonyl (C=O) groups is 2. The van der Waals surface area contributed by atoms with E-state index in [0.717, 1.165) is 12.8 Å². The molecule has 6 heteroatoms. The summed E-state index contributed by atoms with van der Waals surface area (Å²) >= 11 is 3.02. The second kappa shape index (κ2) is 5.69. The molecule has 0 saturated carbocycles. The molecule has 1 fully saturated rings. The van der Waals surface area contributed by atoms with Crippen LogP contribution in [-0.2, 0) is 4.79 Å². The molecular weight excluding hydrogens is 317 g/mol. The number of hydrogen-bond donors (Lipinski definition) is 1. The molecule has 1 aliphatic heterocycles. The topological polar surface area (TPSA) is 57.6 Å². The average Bonchev–Trinajstić information content (AvgIpc) is 2.41. The number of benzene rings is 1. The number of nitrogens with zero attached hydrogens (tertiary/aromatic N) is 1. The fraction of sp³-hybridized carbons (Fsp3) is 0.385. The molecule has 0 spiro atoms. The van der Waals surface area contributed by atoms with Gasteiger partial charge in [0, 0.05) is 12.1 Å². The third-order valence-electron chi connectivity index (χ3n) is 3.22. The predicted octanol–water partition coefficient (Wildman–Crippen LogP) is 2.67. The first kappa shape index (κ1) is 14.0. The third kappa shape index (κ3) is 2.94. The minimum absolute atomic E-state index is 0.197. The Balaban J connectivity index is 2.26. The van der Waals surface area contributed by atoms with Crippen molar-refractivity contribution in [1.82, 2.24) is 4.90 Å². The fourth-order valence-electron chi connectivity index (χ4n) is 2.23. The van der Waals surface area contributed by atoms with Gasteiger partial charge in [-0.25, -0.2) is 9.18 Å². The van der Waals surface area contributed by atoms with Gasteiger partial charge in [-0.05, 0) is 53.4 Å². The number of rotatable bonds is 2. The SMILES string of the molecule is O=C(O)[C@H]1CCCCN1C(=O)c1ccc(F)c(Br)c1. The zero-order valence-electron chi connectivity index (χ0n) is 10.1. The lowest BCUT2D eigenvalue weighted by atomic mass is 10.0. The highest BCUT2D eigenvalue weighted by Crippen LogP contribution is 2.22. The van der Waals surface area contributed by atoms with E-state index in [9.17, 15) is 14.0 Å². The van der Waals surface area contributed by atoms with Gasteiger partial charge in [0.15, 0.2) is 0 Å². The van der Waals surface area contributed by atoms with Gasteiger partial charge in [0.2, 0.25) is 0 Å². The molecule has 1 heterocycles. The van der Waals surface area contributed by atoms with Crippen LogP contribution in [0, 0.1) is 5.82 Å². The van der Waals surface area contributed by atoms with Crippen molar-refractivity contribution >= 4 is 27.8 Å². The summed E-state index contributed by atoms with van der Waals surface area (Å²) in [5.74, 6) is -1.81. The normalized spacial score (nSPS) is 19.3. The van der Waals surface area contributed by atoms with Crippen LogP contribution in [0.4, 0.5) is 4.39 Å². The lowest BCUT2D eigenvalue weighted by molar-refractivity contribution is -0.143. The van der Waals surface area contributed by atoms with Crippen LogP contribution in [0.15, 0.2) is 22.7 Å².